The van der Waals surface area contributed by atoms with E-state index in [-0.39, 0.29) is 17.4 Å². The van der Waals surface area contributed by atoms with Crippen LogP contribution in [0.4, 0.5) is 0 Å². The summed E-state index contributed by atoms with van der Waals surface area (Å²) in [7, 11) is 0. The van der Waals surface area contributed by atoms with Crippen molar-refractivity contribution in [1.82, 2.24) is 19.6 Å². The number of rotatable bonds is 6. The van der Waals surface area contributed by atoms with E-state index in [0.29, 0.717) is 5.56 Å². The molecule has 3 fully saturated rings. The van der Waals surface area contributed by atoms with Crippen LogP contribution in [0.25, 0.3) is 0 Å². The van der Waals surface area contributed by atoms with E-state index >= 15 is 0 Å². The molecule has 2 aliphatic carbocycles. The van der Waals surface area contributed by atoms with Crippen molar-refractivity contribution in [2.75, 3.05) is 32.7 Å². The van der Waals surface area contributed by atoms with Crippen molar-refractivity contribution < 1.29 is 9.90 Å². The van der Waals surface area contributed by atoms with Gasteiger partial charge >= 0.3 is 0 Å². The van der Waals surface area contributed by atoms with Crippen LogP contribution in [0.15, 0.2) is 30.6 Å². The second-order valence-electron chi connectivity index (χ2n) is 11.3. The van der Waals surface area contributed by atoms with Gasteiger partial charge in [0.25, 0.3) is 0 Å². The molecule has 1 saturated carbocycles. The standard InChI is InChI=1S/C27H37N5O2/c1-19-16-29-32(17-19)13-12-30-9-6-26-7-11-31(18-20-2-3-20)24(27(26,34)8-10-30)15-21-4-5-22(25(28)33)14-23(21)26/h4-5,14,16-17,20,24,34H,2-3,6-13,15,18H2,1H3,(H2,28,33). The number of nitrogens with two attached hydrogens (primary N) is 1. The van der Waals surface area contributed by atoms with Crippen LogP contribution in [-0.4, -0.2) is 75.0 Å². The van der Waals surface area contributed by atoms with Crippen molar-refractivity contribution in [3.05, 3.63) is 52.8 Å². The highest BCUT2D eigenvalue weighted by Gasteiger charge is 2.63. The summed E-state index contributed by atoms with van der Waals surface area (Å²) in [5, 5.41) is 17.1. The number of aromatic nitrogens is 2. The fourth-order valence-corrected chi connectivity index (χ4v) is 7.13. The maximum absolute atomic E-state index is 12.6. The molecule has 3 unspecified atom stereocenters. The van der Waals surface area contributed by atoms with Crippen molar-refractivity contribution in [3.8, 4) is 0 Å². The first-order valence-corrected chi connectivity index (χ1v) is 13.0. The predicted octanol–water partition coefficient (Wildman–Crippen LogP) is 2.10. The van der Waals surface area contributed by atoms with Gasteiger partial charge in [-0.1, -0.05) is 6.07 Å². The number of piperidine rings is 1. The average Bonchev–Trinajstić information content (AvgIpc) is 3.56. The number of hydrogen-bond acceptors (Lipinski definition) is 5. The lowest BCUT2D eigenvalue weighted by Gasteiger charge is -2.61. The molecule has 3 heterocycles. The Labute approximate surface area is 201 Å². The zero-order valence-electron chi connectivity index (χ0n) is 20.2. The maximum atomic E-state index is 12.6. The summed E-state index contributed by atoms with van der Waals surface area (Å²) in [5.41, 5.74) is 8.78. The van der Waals surface area contributed by atoms with Crippen LogP contribution >= 0.6 is 0 Å². The molecular formula is C27H37N5O2. The normalized spacial score (nSPS) is 31.5. The molecule has 2 bridgehead atoms. The van der Waals surface area contributed by atoms with Crippen molar-refractivity contribution >= 4 is 5.91 Å². The number of benzene rings is 1. The van der Waals surface area contributed by atoms with Crippen LogP contribution < -0.4 is 5.73 Å². The van der Waals surface area contributed by atoms with E-state index in [2.05, 4.69) is 34.1 Å². The molecule has 7 nitrogen and oxygen atoms in total. The molecular weight excluding hydrogens is 426 g/mol. The van der Waals surface area contributed by atoms with Crippen LogP contribution in [-0.2, 0) is 18.4 Å². The minimum Gasteiger partial charge on any atom is -0.387 e. The Morgan fingerprint density at radius 2 is 1.97 bits per heavy atom. The molecule has 0 radical (unpaired) electrons. The number of likely N-dealkylation sites (tertiary alicyclic amines) is 2. The Morgan fingerprint density at radius 3 is 2.71 bits per heavy atom. The Bertz CT molecular complexity index is 1090. The van der Waals surface area contributed by atoms with Crippen LogP contribution in [0.1, 0.15) is 59.2 Å². The van der Waals surface area contributed by atoms with Gasteiger partial charge in [-0.3, -0.25) is 14.4 Å². The first-order valence-electron chi connectivity index (χ1n) is 13.0. The summed E-state index contributed by atoms with van der Waals surface area (Å²) in [6.07, 6.45) is 10.1. The average molecular weight is 464 g/mol. The summed E-state index contributed by atoms with van der Waals surface area (Å²) in [6.45, 7) is 7.82. The lowest BCUT2D eigenvalue weighted by Crippen LogP contribution is -2.71. The van der Waals surface area contributed by atoms with Gasteiger partial charge in [0.2, 0.25) is 5.91 Å². The minimum atomic E-state index is -0.791. The van der Waals surface area contributed by atoms with E-state index in [1.54, 1.807) is 0 Å². The van der Waals surface area contributed by atoms with E-state index in [9.17, 15) is 9.90 Å². The third kappa shape index (κ3) is 3.60. The number of fused-ring (bicyclic) bond motifs is 1. The number of aliphatic hydroxyl groups is 1. The first kappa shape index (κ1) is 22.3. The molecule has 2 aromatic rings. The lowest BCUT2D eigenvalue weighted by molar-refractivity contribution is -0.149. The van der Waals surface area contributed by atoms with Gasteiger partial charge < -0.3 is 15.7 Å². The van der Waals surface area contributed by atoms with Gasteiger partial charge in [-0.2, -0.15) is 5.10 Å². The summed E-state index contributed by atoms with van der Waals surface area (Å²) in [4.78, 5) is 17.2. The summed E-state index contributed by atoms with van der Waals surface area (Å²) in [5.74, 6) is 0.412. The molecule has 3 atom stereocenters. The lowest BCUT2D eigenvalue weighted by atomic mass is 9.52. The molecule has 7 heteroatoms. The van der Waals surface area contributed by atoms with Gasteiger partial charge in [-0.25, -0.2) is 0 Å². The van der Waals surface area contributed by atoms with Crippen molar-refractivity contribution in [2.45, 2.75) is 69.1 Å². The van der Waals surface area contributed by atoms with Crippen LogP contribution in [0.5, 0.6) is 0 Å². The smallest absolute Gasteiger partial charge is 0.248 e. The predicted molar refractivity (Wildman–Crippen MR) is 131 cm³/mol. The van der Waals surface area contributed by atoms with Crippen LogP contribution in [0, 0.1) is 12.8 Å². The van der Waals surface area contributed by atoms with Gasteiger partial charge in [0.05, 0.1) is 18.3 Å². The second kappa shape index (κ2) is 8.18. The number of hydrogen-bond donors (Lipinski definition) is 2. The largest absolute Gasteiger partial charge is 0.387 e. The molecule has 2 aliphatic heterocycles. The van der Waals surface area contributed by atoms with E-state index in [0.717, 1.165) is 70.9 Å². The molecule has 6 rings (SSSR count). The van der Waals surface area contributed by atoms with Gasteiger partial charge in [0.15, 0.2) is 0 Å². The van der Waals surface area contributed by atoms with E-state index in [1.807, 2.05) is 23.0 Å². The summed E-state index contributed by atoms with van der Waals surface area (Å²) >= 11 is 0. The molecule has 0 spiro atoms. The molecule has 1 aromatic heterocycles. The molecule has 34 heavy (non-hydrogen) atoms. The molecule has 1 amide bonds. The number of carbonyl (C=O) groups excluding carboxylic acids is 1. The molecule has 3 N–H and O–H groups in total. The maximum Gasteiger partial charge on any atom is 0.248 e. The highest BCUT2D eigenvalue weighted by atomic mass is 16.3. The zero-order chi connectivity index (χ0) is 23.5. The highest BCUT2D eigenvalue weighted by Crippen LogP contribution is 2.56. The van der Waals surface area contributed by atoms with Gasteiger partial charge in [0, 0.05) is 42.9 Å². The second-order valence-corrected chi connectivity index (χ2v) is 11.3. The fourth-order valence-electron chi connectivity index (χ4n) is 7.13. The molecule has 4 aliphatic rings. The number of carbonyl (C=O) groups is 1. The number of nitrogens with zero attached hydrogens (tertiary/aromatic N) is 4. The Kier molecular flexibility index (Phi) is 5.35. The molecule has 182 valence electrons. The van der Waals surface area contributed by atoms with Crippen molar-refractivity contribution in [2.24, 2.45) is 11.7 Å². The van der Waals surface area contributed by atoms with Gasteiger partial charge in [0.1, 0.15) is 0 Å². The fraction of sp³-hybridized carbons (Fsp3) is 0.630. The third-order valence-electron chi connectivity index (χ3n) is 9.23. The Hall–Kier alpha value is -2.22. The van der Waals surface area contributed by atoms with E-state index < -0.39 is 5.60 Å². The number of primary amides is 1. The topological polar surface area (TPSA) is 87.6 Å². The third-order valence-corrected chi connectivity index (χ3v) is 9.23. The first-order chi connectivity index (χ1) is 16.4. The van der Waals surface area contributed by atoms with Gasteiger partial charge in [-0.15, -0.1) is 0 Å². The van der Waals surface area contributed by atoms with Crippen LogP contribution in [0.2, 0.25) is 0 Å². The SMILES string of the molecule is Cc1cnn(CCN2CCC34CCN(CC5CC5)C(Cc5ccc(C(N)=O)cc53)C4(O)CC2)c1. The minimum absolute atomic E-state index is 0.141. The zero-order valence-corrected chi connectivity index (χ0v) is 20.2. The summed E-state index contributed by atoms with van der Waals surface area (Å²) in [6, 6.07) is 6.13. The highest BCUT2D eigenvalue weighted by molar-refractivity contribution is 5.93. The quantitative estimate of drug-likeness (QED) is 0.685. The Balaban J connectivity index is 1.33. The van der Waals surface area contributed by atoms with Crippen molar-refractivity contribution in [1.29, 1.82) is 0 Å². The van der Waals surface area contributed by atoms with Crippen molar-refractivity contribution in [3.63, 3.8) is 0 Å². The van der Waals surface area contributed by atoms with E-state index in [4.69, 9.17) is 5.73 Å². The summed E-state index contributed by atoms with van der Waals surface area (Å²) < 4.78 is 2.02. The number of amides is 1. The Morgan fingerprint density at radius 1 is 1.18 bits per heavy atom. The van der Waals surface area contributed by atoms with Gasteiger partial charge in [-0.05, 0) is 93.3 Å². The monoisotopic (exact) mass is 463 g/mol. The molecule has 1 aromatic carbocycles. The molecule has 2 saturated heterocycles. The number of aryl methyl sites for hydroxylation is 1. The van der Waals surface area contributed by atoms with Crippen LogP contribution in [0.3, 0.4) is 0 Å². The van der Waals surface area contributed by atoms with E-state index in [1.165, 1.54) is 29.5 Å².